The van der Waals surface area contributed by atoms with Gasteiger partial charge in [0.05, 0.1) is 66.8 Å². The zero-order valence-electron chi connectivity index (χ0n) is 36.3. The molecule has 0 aliphatic carbocycles. The molecule has 0 unspecified atom stereocenters. The van der Waals surface area contributed by atoms with Crippen LogP contribution in [0, 0.1) is 0 Å². The second kappa shape index (κ2) is 30.6. The molecule has 1 fully saturated rings. The summed E-state index contributed by atoms with van der Waals surface area (Å²) in [5.41, 5.74) is 4.49. The van der Waals surface area contributed by atoms with Crippen LogP contribution in [0.4, 0.5) is 5.82 Å². The fraction of sp³-hybridized carbons (Fsp3) is 0.902. The molecule has 55 heavy (non-hydrogen) atoms. The molecule has 0 aromatic carbocycles. The fourth-order valence-electron chi connectivity index (χ4n) is 7.17. The van der Waals surface area contributed by atoms with Gasteiger partial charge in [-0.15, -0.1) is 0 Å². The van der Waals surface area contributed by atoms with E-state index in [0.717, 1.165) is 4.57 Å². The van der Waals surface area contributed by atoms with Crippen molar-refractivity contribution >= 4 is 13.6 Å². The van der Waals surface area contributed by atoms with Crippen molar-refractivity contribution < 1.29 is 42.8 Å². The van der Waals surface area contributed by atoms with E-state index >= 15 is 0 Å². The van der Waals surface area contributed by atoms with Crippen LogP contribution < -0.4 is 21.2 Å². The van der Waals surface area contributed by atoms with Gasteiger partial charge in [-0.25, -0.2) is 4.79 Å². The number of ether oxygens (including phenoxy) is 1. The summed E-state index contributed by atoms with van der Waals surface area (Å²) < 4.78 is 23.2. The minimum absolute atomic E-state index is 0.0391. The van der Waals surface area contributed by atoms with Crippen LogP contribution >= 0.6 is 7.82 Å². The third-order valence-electron chi connectivity index (χ3n) is 10.7. The molecule has 0 spiro atoms. The number of phosphoric acid groups is 1. The van der Waals surface area contributed by atoms with Crippen LogP contribution in [-0.2, 0) is 13.8 Å². The third kappa shape index (κ3) is 22.4. The molecule has 0 radical (unpaired) electrons. The minimum atomic E-state index is -5.24. The maximum atomic E-state index is 11.6. The van der Waals surface area contributed by atoms with Gasteiger partial charge in [-0.3, -0.25) is 4.57 Å². The number of aliphatic hydroxyl groups excluding tert-OH is 2. The molecule has 1 aromatic rings. The van der Waals surface area contributed by atoms with Crippen molar-refractivity contribution in [3.05, 3.63) is 22.7 Å². The molecule has 2 heterocycles. The SMILES string of the molecule is CCCC[N+](CCCC)(CCCC)CCCC.CCCC[N+](CCCC)(CCCC)CCCC.Nc1ccn([C@@H]2O[C@H](COP(=O)([O-])[O-])[C@@H](O)[C@H]2O)c(=O)n1. The Hall–Kier alpha value is -1.41. The van der Waals surface area contributed by atoms with Gasteiger partial charge in [0.25, 0.3) is 0 Å². The van der Waals surface area contributed by atoms with E-state index in [1.165, 1.54) is 176 Å². The van der Waals surface area contributed by atoms with Crippen LogP contribution in [0.15, 0.2) is 17.1 Å². The number of aromatic nitrogens is 2. The van der Waals surface area contributed by atoms with E-state index in [9.17, 15) is 29.4 Å². The van der Waals surface area contributed by atoms with Gasteiger partial charge in [-0.1, -0.05) is 107 Å². The number of phosphoric ester groups is 1. The van der Waals surface area contributed by atoms with Crippen molar-refractivity contribution in [3.8, 4) is 0 Å². The smallest absolute Gasteiger partial charge is 0.351 e. The molecule has 13 nitrogen and oxygen atoms in total. The van der Waals surface area contributed by atoms with Gasteiger partial charge in [-0.05, 0) is 57.4 Å². The third-order valence-corrected chi connectivity index (χ3v) is 11.2. The molecule has 0 bridgehead atoms. The molecule has 1 aliphatic heterocycles. The molecule has 1 aromatic heterocycles. The van der Waals surface area contributed by atoms with Gasteiger partial charge in [0.1, 0.15) is 24.1 Å². The molecule has 0 saturated carbocycles. The molecular weight excluding hydrogens is 721 g/mol. The Labute approximate surface area is 335 Å². The monoisotopic (exact) mass is 806 g/mol. The van der Waals surface area contributed by atoms with Crippen molar-refractivity contribution in [2.75, 3.05) is 64.7 Å². The number of hydrogen-bond donors (Lipinski definition) is 3. The van der Waals surface area contributed by atoms with Gasteiger partial charge in [0, 0.05) is 6.20 Å². The van der Waals surface area contributed by atoms with Gasteiger partial charge in [0.15, 0.2) is 6.23 Å². The Morgan fingerprint density at radius 3 is 1.29 bits per heavy atom. The number of nitrogens with zero attached hydrogens (tertiary/aromatic N) is 4. The Kier molecular flexibility index (Phi) is 29.9. The quantitative estimate of drug-likeness (QED) is 0.0642. The normalized spacial score (nSPS) is 18.8. The summed E-state index contributed by atoms with van der Waals surface area (Å²) in [5.74, 6) is -0.0391. The van der Waals surface area contributed by atoms with E-state index in [-0.39, 0.29) is 5.82 Å². The van der Waals surface area contributed by atoms with Gasteiger partial charge in [-0.2, -0.15) is 4.98 Å². The van der Waals surface area contributed by atoms with E-state index in [0.29, 0.717) is 0 Å². The number of hydrogen-bond acceptors (Lipinski definition) is 10. The summed E-state index contributed by atoms with van der Waals surface area (Å²) in [7, 11) is -5.24. The lowest BCUT2D eigenvalue weighted by atomic mass is 10.1. The average Bonchev–Trinajstić information content (AvgIpc) is 3.45. The lowest BCUT2D eigenvalue weighted by Gasteiger charge is -2.39. The standard InChI is InChI=1S/2C16H36N.C9H14N3O8P/c2*1-5-9-13-17(14-10-6-2,15-11-7-3)16-12-8-4;10-5-1-2-12(9(15)11-5)8-7(14)6(13)4(20-8)3-19-21(16,17)18/h2*5-16H2,1-4H3;1-2,4,6-8,13-14H,3H2,(H2,10,11,15)(H2,16,17,18)/q2*+1;/p-2/t;;4-,6-,7-,8-/m..1/s1. The van der Waals surface area contributed by atoms with Gasteiger partial charge < -0.3 is 48.5 Å². The van der Waals surface area contributed by atoms with E-state index < -0.39 is 44.7 Å². The number of unbranched alkanes of at least 4 members (excludes halogenated alkanes) is 8. The van der Waals surface area contributed by atoms with Crippen LogP contribution in [0.25, 0.3) is 0 Å². The molecule has 4 N–H and O–H groups in total. The van der Waals surface area contributed by atoms with Crippen molar-refractivity contribution in [2.45, 2.75) is 183 Å². The summed E-state index contributed by atoms with van der Waals surface area (Å²) in [6, 6.07) is 1.27. The molecule has 1 aliphatic rings. The fourth-order valence-corrected chi connectivity index (χ4v) is 7.50. The molecule has 326 valence electrons. The van der Waals surface area contributed by atoms with Crippen LogP contribution in [0.5, 0.6) is 0 Å². The zero-order valence-corrected chi connectivity index (χ0v) is 37.2. The Morgan fingerprint density at radius 2 is 1.02 bits per heavy atom. The number of rotatable bonds is 28. The number of aliphatic hydroxyl groups is 2. The second-order valence-electron chi connectivity index (χ2n) is 15.6. The highest BCUT2D eigenvalue weighted by atomic mass is 31.2. The Morgan fingerprint density at radius 1 is 0.691 bits per heavy atom. The first-order valence-electron chi connectivity index (χ1n) is 21.9. The van der Waals surface area contributed by atoms with Gasteiger partial charge in [0.2, 0.25) is 0 Å². The van der Waals surface area contributed by atoms with Crippen LogP contribution in [-0.4, -0.2) is 106 Å². The van der Waals surface area contributed by atoms with Crippen molar-refractivity contribution in [2.24, 2.45) is 0 Å². The summed E-state index contributed by atoms with van der Waals surface area (Å²) >= 11 is 0. The largest absolute Gasteiger partial charge is 0.790 e. The Balaban J connectivity index is 0.000000804. The first-order valence-corrected chi connectivity index (χ1v) is 23.4. The molecule has 0 amide bonds. The first-order chi connectivity index (χ1) is 26.2. The Bertz CT molecular complexity index is 1070. The predicted molar refractivity (Wildman–Crippen MR) is 221 cm³/mol. The van der Waals surface area contributed by atoms with Crippen LogP contribution in [0.1, 0.15) is 164 Å². The first kappa shape index (κ1) is 53.6. The van der Waals surface area contributed by atoms with Crippen molar-refractivity contribution in [1.29, 1.82) is 0 Å². The minimum Gasteiger partial charge on any atom is -0.790 e. The highest BCUT2D eigenvalue weighted by Crippen LogP contribution is 2.32. The maximum Gasteiger partial charge on any atom is 0.351 e. The number of nitrogen functional groups attached to an aromatic ring is 1. The maximum absolute atomic E-state index is 11.6. The number of nitrogens with two attached hydrogens (primary N) is 1. The highest BCUT2D eigenvalue weighted by Gasteiger charge is 2.44. The molecule has 2 rings (SSSR count). The molecule has 1 saturated heterocycles. The lowest BCUT2D eigenvalue weighted by Crippen LogP contribution is -2.50. The molecular formula is C41H84N5O8P. The van der Waals surface area contributed by atoms with E-state index in [2.05, 4.69) is 64.9 Å². The second-order valence-corrected chi connectivity index (χ2v) is 16.8. The van der Waals surface area contributed by atoms with E-state index in [4.69, 9.17) is 10.5 Å². The summed E-state index contributed by atoms with van der Waals surface area (Å²) in [4.78, 5) is 35.8. The van der Waals surface area contributed by atoms with E-state index in [1.54, 1.807) is 0 Å². The van der Waals surface area contributed by atoms with Crippen molar-refractivity contribution in [3.63, 3.8) is 0 Å². The number of quaternary nitrogens is 2. The molecule has 14 heteroatoms. The average molecular weight is 806 g/mol. The van der Waals surface area contributed by atoms with Crippen molar-refractivity contribution in [1.82, 2.24) is 9.55 Å². The predicted octanol–water partition coefficient (Wildman–Crippen LogP) is 6.30. The van der Waals surface area contributed by atoms with E-state index in [1.807, 2.05) is 0 Å². The van der Waals surface area contributed by atoms with Crippen LogP contribution in [0.2, 0.25) is 0 Å². The van der Waals surface area contributed by atoms with Crippen LogP contribution in [0.3, 0.4) is 0 Å². The zero-order chi connectivity index (χ0) is 41.8. The summed E-state index contributed by atoms with van der Waals surface area (Å²) in [5, 5.41) is 19.6. The summed E-state index contributed by atoms with van der Waals surface area (Å²) in [6.07, 6.45) is 17.6. The topological polar surface area (TPSA) is 183 Å². The lowest BCUT2D eigenvalue weighted by molar-refractivity contribution is -0.929. The highest BCUT2D eigenvalue weighted by molar-refractivity contribution is 7.43. The summed E-state index contributed by atoms with van der Waals surface area (Å²) in [6.45, 7) is 29.3. The molecule has 4 atom stereocenters. The number of anilines is 1. The van der Waals surface area contributed by atoms with Gasteiger partial charge >= 0.3 is 5.69 Å².